The average molecular weight is 514 g/mol. The zero-order valence-electron chi connectivity index (χ0n) is 19.5. The van der Waals surface area contributed by atoms with Crippen molar-refractivity contribution in [3.05, 3.63) is 113 Å². The molecule has 4 aliphatic rings. The normalized spacial score (nSPS) is 23.7. The molecule has 3 nitrogen and oxygen atoms in total. The molecule has 10 rings (SSSR count). The summed E-state index contributed by atoms with van der Waals surface area (Å²) < 4.78 is 3.89. The van der Waals surface area contributed by atoms with E-state index in [1.54, 1.807) is 0 Å². The van der Waals surface area contributed by atoms with Crippen LogP contribution in [-0.2, 0) is 9.59 Å². The van der Waals surface area contributed by atoms with E-state index in [-0.39, 0.29) is 35.5 Å². The minimum atomic E-state index is -0.359. The van der Waals surface area contributed by atoms with Gasteiger partial charge in [-0.3, -0.25) is 9.59 Å². The smallest absolute Gasteiger partial charge is 0.238 e. The molecular weight excluding hydrogens is 494 g/mol. The van der Waals surface area contributed by atoms with Crippen LogP contribution in [0.1, 0.15) is 33.4 Å². The fraction of sp³-hybridized carbons (Fsp3) is 0.125. The van der Waals surface area contributed by atoms with Crippen LogP contribution in [0.4, 0.5) is 5.69 Å². The summed E-state index contributed by atoms with van der Waals surface area (Å²) in [5, 5.41) is 3.78. The third-order valence-corrected chi connectivity index (χ3v) is 11.3. The molecule has 1 aliphatic heterocycles. The standard InChI is InChI=1S/C32H19NO2S2/c34-31-25-23-19-12-6-7-13-20(19)24(26(25)32(35)33(31)18-10-2-1-3-11-18)29-27(23)30-28(37-29)21-14-16-8-4-5-9-17(16)15-22(21)36-30/h1-15,23-26H/t23-,24+,25?,26?/m0/s1. The minimum Gasteiger partial charge on any atom is -0.274 e. The van der Waals surface area contributed by atoms with Gasteiger partial charge in [-0.2, -0.15) is 0 Å². The minimum absolute atomic E-state index is 0.0519. The molecule has 2 aromatic heterocycles. The van der Waals surface area contributed by atoms with Gasteiger partial charge in [0, 0.05) is 26.8 Å². The summed E-state index contributed by atoms with van der Waals surface area (Å²) in [5.74, 6) is -0.984. The Labute approximate surface area is 220 Å². The Bertz CT molecular complexity index is 1970. The van der Waals surface area contributed by atoms with Gasteiger partial charge < -0.3 is 0 Å². The van der Waals surface area contributed by atoms with E-state index in [9.17, 15) is 9.59 Å². The number of hydrogen-bond acceptors (Lipinski definition) is 4. The van der Waals surface area contributed by atoms with E-state index < -0.39 is 0 Å². The molecule has 1 fully saturated rings. The molecule has 0 N–H and O–H groups in total. The van der Waals surface area contributed by atoms with Crippen molar-refractivity contribution in [1.29, 1.82) is 0 Å². The van der Waals surface area contributed by atoms with Gasteiger partial charge in [-0.05, 0) is 51.7 Å². The number of fused-ring (bicyclic) bond motifs is 4. The zero-order valence-corrected chi connectivity index (χ0v) is 21.2. The van der Waals surface area contributed by atoms with Crippen LogP contribution in [0.25, 0.3) is 30.3 Å². The third-order valence-electron chi connectivity index (χ3n) is 8.62. The monoisotopic (exact) mass is 513 g/mol. The van der Waals surface area contributed by atoms with Crippen molar-refractivity contribution in [2.75, 3.05) is 4.90 Å². The number of carbonyl (C=O) groups is 2. The number of rotatable bonds is 1. The third kappa shape index (κ3) is 2.42. The largest absolute Gasteiger partial charge is 0.274 e. The molecule has 2 bridgehead atoms. The van der Waals surface area contributed by atoms with Gasteiger partial charge in [0.15, 0.2) is 0 Å². The number of imide groups is 1. The van der Waals surface area contributed by atoms with Gasteiger partial charge in [0.1, 0.15) is 0 Å². The van der Waals surface area contributed by atoms with Gasteiger partial charge in [-0.15, -0.1) is 22.7 Å². The topological polar surface area (TPSA) is 37.4 Å². The van der Waals surface area contributed by atoms with Crippen LogP contribution in [0.5, 0.6) is 0 Å². The fourth-order valence-electron chi connectivity index (χ4n) is 7.19. The summed E-state index contributed by atoms with van der Waals surface area (Å²) in [7, 11) is 0. The Kier molecular flexibility index (Phi) is 3.80. The molecule has 4 aromatic carbocycles. The summed E-state index contributed by atoms with van der Waals surface area (Å²) in [6, 6.07) is 31.1. The SMILES string of the molecule is O=C1C2C(C(=O)N1c1ccccc1)[C@H]1c3ccccc3[C@@H]2c2c1sc1c2sc2cc3ccccc3cc21. The first-order valence-corrected chi connectivity index (χ1v) is 14.2. The number of thiophene rings is 2. The second kappa shape index (κ2) is 6.94. The maximum atomic E-state index is 14.1. The van der Waals surface area contributed by atoms with E-state index in [1.807, 2.05) is 53.0 Å². The lowest BCUT2D eigenvalue weighted by Gasteiger charge is -2.44. The maximum Gasteiger partial charge on any atom is 0.238 e. The lowest BCUT2D eigenvalue weighted by molar-refractivity contribution is -0.122. The second-order valence-corrected chi connectivity index (χ2v) is 12.4. The number of nitrogens with zero attached hydrogens (tertiary/aromatic N) is 1. The predicted octanol–water partition coefficient (Wildman–Crippen LogP) is 7.67. The fourth-order valence-corrected chi connectivity index (χ4v) is 10.2. The molecule has 0 saturated carbocycles. The van der Waals surface area contributed by atoms with Crippen LogP contribution in [0.2, 0.25) is 0 Å². The van der Waals surface area contributed by atoms with Crippen molar-refractivity contribution in [3.63, 3.8) is 0 Å². The average Bonchev–Trinajstić information content (AvgIpc) is 3.56. The number of amides is 2. The number of carbonyl (C=O) groups excluding carboxylic acids is 2. The Morgan fingerprint density at radius 2 is 1.24 bits per heavy atom. The first-order chi connectivity index (χ1) is 18.2. The Morgan fingerprint density at radius 1 is 0.622 bits per heavy atom. The number of hydrogen-bond donors (Lipinski definition) is 0. The second-order valence-electron chi connectivity index (χ2n) is 10.3. The molecule has 1 saturated heterocycles. The van der Waals surface area contributed by atoms with Crippen molar-refractivity contribution in [1.82, 2.24) is 0 Å². The quantitative estimate of drug-likeness (QED) is 0.212. The summed E-state index contributed by atoms with van der Waals surface area (Å²) in [5.41, 5.74) is 4.42. The summed E-state index contributed by atoms with van der Waals surface area (Å²) >= 11 is 3.69. The van der Waals surface area contributed by atoms with E-state index in [1.165, 1.54) is 56.7 Å². The van der Waals surface area contributed by atoms with Crippen molar-refractivity contribution >= 4 is 70.4 Å². The molecule has 37 heavy (non-hydrogen) atoms. The molecule has 3 aliphatic carbocycles. The van der Waals surface area contributed by atoms with E-state index in [4.69, 9.17) is 0 Å². The number of benzene rings is 4. The lowest BCUT2D eigenvalue weighted by Crippen LogP contribution is -2.40. The molecule has 4 atom stereocenters. The summed E-state index contributed by atoms with van der Waals surface area (Å²) in [4.78, 5) is 30.8. The van der Waals surface area contributed by atoms with Crippen LogP contribution in [0, 0.1) is 11.8 Å². The van der Waals surface area contributed by atoms with Gasteiger partial charge in [0.25, 0.3) is 0 Å². The molecule has 6 aromatic rings. The van der Waals surface area contributed by atoms with E-state index in [2.05, 4.69) is 60.7 Å². The lowest BCUT2D eigenvalue weighted by atomic mass is 9.57. The van der Waals surface area contributed by atoms with Crippen LogP contribution in [0.3, 0.4) is 0 Å². The number of para-hydroxylation sites is 1. The molecular formula is C32H19NO2S2. The molecule has 2 unspecified atom stereocenters. The van der Waals surface area contributed by atoms with Gasteiger partial charge in [0.2, 0.25) is 11.8 Å². The Morgan fingerprint density at radius 3 is 2.00 bits per heavy atom. The highest BCUT2D eigenvalue weighted by Gasteiger charge is 2.63. The van der Waals surface area contributed by atoms with Crippen LogP contribution in [0.15, 0.2) is 91.0 Å². The molecule has 2 amide bonds. The zero-order chi connectivity index (χ0) is 24.4. The van der Waals surface area contributed by atoms with Crippen molar-refractivity contribution in [3.8, 4) is 0 Å². The highest BCUT2D eigenvalue weighted by Crippen LogP contribution is 2.65. The number of anilines is 1. The van der Waals surface area contributed by atoms with Crippen LogP contribution in [-0.4, -0.2) is 11.8 Å². The van der Waals surface area contributed by atoms with Crippen molar-refractivity contribution < 1.29 is 9.59 Å². The van der Waals surface area contributed by atoms with Crippen LogP contribution < -0.4 is 4.90 Å². The molecule has 0 spiro atoms. The van der Waals surface area contributed by atoms with Gasteiger partial charge in [-0.1, -0.05) is 66.7 Å². The van der Waals surface area contributed by atoms with Gasteiger partial charge in [-0.25, -0.2) is 4.90 Å². The predicted molar refractivity (Wildman–Crippen MR) is 151 cm³/mol. The van der Waals surface area contributed by atoms with E-state index >= 15 is 0 Å². The first kappa shape index (κ1) is 20.3. The molecule has 0 radical (unpaired) electrons. The van der Waals surface area contributed by atoms with E-state index in [0.717, 1.165) is 0 Å². The molecule has 3 heterocycles. The van der Waals surface area contributed by atoms with E-state index in [0.29, 0.717) is 5.69 Å². The summed E-state index contributed by atoms with van der Waals surface area (Å²) in [6.07, 6.45) is 0. The van der Waals surface area contributed by atoms with Crippen molar-refractivity contribution in [2.45, 2.75) is 11.8 Å². The van der Waals surface area contributed by atoms with Crippen molar-refractivity contribution in [2.24, 2.45) is 11.8 Å². The Hall–Kier alpha value is -3.80. The first-order valence-electron chi connectivity index (χ1n) is 12.6. The highest BCUT2D eigenvalue weighted by atomic mass is 32.1. The molecule has 5 heteroatoms. The van der Waals surface area contributed by atoms with Crippen LogP contribution >= 0.6 is 22.7 Å². The highest BCUT2D eigenvalue weighted by molar-refractivity contribution is 7.33. The van der Waals surface area contributed by atoms with Gasteiger partial charge >= 0.3 is 0 Å². The maximum absolute atomic E-state index is 14.1. The van der Waals surface area contributed by atoms with Gasteiger partial charge in [0.05, 0.1) is 26.9 Å². The molecule has 176 valence electrons. The Balaban J connectivity index is 1.32. The summed E-state index contributed by atoms with van der Waals surface area (Å²) in [6.45, 7) is 0.